The van der Waals surface area contributed by atoms with Crippen molar-refractivity contribution in [3.63, 3.8) is 0 Å². The summed E-state index contributed by atoms with van der Waals surface area (Å²) in [5.74, 6) is -2.03. The van der Waals surface area contributed by atoms with Gasteiger partial charge in [0.1, 0.15) is 98.5 Å². The van der Waals surface area contributed by atoms with Gasteiger partial charge in [-0.3, -0.25) is 14.4 Å². The van der Waals surface area contributed by atoms with Gasteiger partial charge in [-0.25, -0.2) is 0 Å². The number of amides is 3. The van der Waals surface area contributed by atoms with Crippen molar-refractivity contribution in [3.05, 3.63) is 0 Å². The maximum Gasteiger partial charge on any atom is 0.246 e. The number of aliphatic hydroxyl groups excluding tert-OH is 13. The first kappa shape index (κ1) is 47.3. The zero-order chi connectivity index (χ0) is 36.7. The highest BCUT2D eigenvalue weighted by molar-refractivity contribution is 5.80. The number of nitrogens with one attached hydrogen (secondary N) is 3. The van der Waals surface area contributed by atoms with Crippen LogP contribution in [0.2, 0.25) is 0 Å². The second kappa shape index (κ2) is 26.0. The zero-order valence-electron chi connectivity index (χ0n) is 24.8. The number of rotatable bonds is 19. The molecule has 46 heavy (non-hydrogen) atoms. The number of carbonyl (C=O) groups excluding carboxylic acids is 6. The van der Waals surface area contributed by atoms with Gasteiger partial charge in [-0.2, -0.15) is 0 Å². The molecule has 0 aromatic carbocycles. The molecule has 0 rings (SSSR count). The number of aliphatic hydroxyl groups is 13. The van der Waals surface area contributed by atoms with Gasteiger partial charge in [0.25, 0.3) is 0 Å². The van der Waals surface area contributed by atoms with Crippen molar-refractivity contribution >= 4 is 36.6 Å². The quantitative estimate of drug-likeness (QED) is 0.0563. The van der Waals surface area contributed by atoms with Crippen LogP contribution in [-0.2, 0) is 28.8 Å². The van der Waals surface area contributed by atoms with Crippen molar-refractivity contribution in [1.29, 1.82) is 0 Å². The van der Waals surface area contributed by atoms with Gasteiger partial charge >= 0.3 is 0 Å². The van der Waals surface area contributed by atoms with Crippen molar-refractivity contribution in [1.82, 2.24) is 16.0 Å². The Balaban J connectivity index is -0.000000603. The Morgan fingerprint density at radius 2 is 0.717 bits per heavy atom. The summed E-state index contributed by atoms with van der Waals surface area (Å²) >= 11 is 0. The fourth-order valence-corrected chi connectivity index (χ4v) is 2.94. The lowest BCUT2D eigenvalue weighted by Crippen LogP contribution is -2.53. The molecule has 22 heteroatoms. The highest BCUT2D eigenvalue weighted by Crippen LogP contribution is 2.05. The highest BCUT2D eigenvalue weighted by Gasteiger charge is 2.33. The summed E-state index contributed by atoms with van der Waals surface area (Å²) in [6.45, 7) is -0.933. The molecule has 0 aromatic heterocycles. The van der Waals surface area contributed by atoms with Crippen LogP contribution in [0.15, 0.2) is 0 Å². The lowest BCUT2D eigenvalue weighted by Gasteiger charge is -2.25. The average molecular weight is 680 g/mol. The van der Waals surface area contributed by atoms with Crippen LogP contribution in [0.25, 0.3) is 0 Å². The van der Waals surface area contributed by atoms with Crippen LogP contribution in [0.1, 0.15) is 13.8 Å². The van der Waals surface area contributed by atoms with Gasteiger partial charge in [-0.1, -0.05) is 0 Å². The van der Waals surface area contributed by atoms with Crippen molar-refractivity contribution in [2.75, 3.05) is 26.4 Å². The Morgan fingerprint density at radius 1 is 0.478 bits per heavy atom. The van der Waals surface area contributed by atoms with E-state index < -0.39 is 117 Å². The van der Waals surface area contributed by atoms with E-state index in [2.05, 4.69) is 10.6 Å². The van der Waals surface area contributed by atoms with Crippen molar-refractivity contribution in [2.24, 2.45) is 0 Å². The molecule has 12 atom stereocenters. The van der Waals surface area contributed by atoms with Gasteiger partial charge in [0.15, 0.2) is 0 Å². The fraction of sp³-hybridized carbons (Fsp3) is 0.750. The number of hydrogen-bond donors (Lipinski definition) is 16. The molecule has 0 unspecified atom stereocenters. The first-order valence-electron chi connectivity index (χ1n) is 13.1. The standard InChI is InChI=1S/C8H15NO7.2C8H15NO6/c10-1-4(9-6(14)3-12)7(15)8(16)5(13)2-11;2*1-4(12)9-5(2-10)7(14)8(15)6(13)3-11/h1,4-5,7-8,11-13,15-16H,2-3H2,(H,9,14);2*2,5-8,11,13-15H,3H2,1H3,(H,9,12)/t4-,5+,7+,8+;5-,6+,7+,8-;5-,6-,7-,8-/m001/s1. The number of carbonyl (C=O) groups is 6. The van der Waals surface area contributed by atoms with Crippen LogP contribution >= 0.6 is 0 Å². The number of aldehydes is 3. The van der Waals surface area contributed by atoms with Crippen molar-refractivity contribution in [3.8, 4) is 0 Å². The summed E-state index contributed by atoms with van der Waals surface area (Å²) in [7, 11) is 0. The summed E-state index contributed by atoms with van der Waals surface area (Å²) in [6.07, 6.45) is -14.5. The topological polar surface area (TPSA) is 402 Å². The van der Waals surface area contributed by atoms with Gasteiger partial charge in [0, 0.05) is 13.8 Å². The highest BCUT2D eigenvalue weighted by atomic mass is 16.4. The van der Waals surface area contributed by atoms with Crippen molar-refractivity contribution in [2.45, 2.75) is 86.9 Å². The molecule has 0 heterocycles. The maximum absolute atomic E-state index is 10.7. The molecule has 0 spiro atoms. The van der Waals surface area contributed by atoms with Crippen LogP contribution in [0.5, 0.6) is 0 Å². The molecule has 0 aromatic rings. The minimum absolute atomic E-state index is 0.144. The Morgan fingerprint density at radius 3 is 0.891 bits per heavy atom. The minimum Gasteiger partial charge on any atom is -0.394 e. The second-order valence-electron chi connectivity index (χ2n) is 9.31. The van der Waals surface area contributed by atoms with E-state index in [4.69, 9.17) is 35.7 Å². The first-order chi connectivity index (χ1) is 21.3. The summed E-state index contributed by atoms with van der Waals surface area (Å²) in [5, 5.41) is 123. The van der Waals surface area contributed by atoms with Crippen LogP contribution in [-0.4, -0.2) is 202 Å². The molecule has 0 bridgehead atoms. The van der Waals surface area contributed by atoms with Crippen molar-refractivity contribution < 1.29 is 95.2 Å². The molecule has 270 valence electrons. The monoisotopic (exact) mass is 679 g/mol. The summed E-state index contributed by atoms with van der Waals surface area (Å²) in [4.78, 5) is 63.4. The smallest absolute Gasteiger partial charge is 0.246 e. The van der Waals surface area contributed by atoms with Gasteiger partial charge in [0.05, 0.1) is 19.8 Å². The zero-order valence-corrected chi connectivity index (χ0v) is 24.8. The van der Waals surface area contributed by atoms with E-state index in [0.717, 1.165) is 13.8 Å². The third kappa shape index (κ3) is 18.8. The summed E-state index contributed by atoms with van der Waals surface area (Å²) < 4.78 is 0. The van der Waals surface area contributed by atoms with Gasteiger partial charge in [-0.05, 0) is 0 Å². The third-order valence-corrected chi connectivity index (χ3v) is 5.55. The van der Waals surface area contributed by atoms with Gasteiger partial charge in [0.2, 0.25) is 17.7 Å². The van der Waals surface area contributed by atoms with Crippen LogP contribution in [0, 0.1) is 0 Å². The largest absolute Gasteiger partial charge is 0.394 e. The Kier molecular flexibility index (Phi) is 26.8. The average Bonchev–Trinajstić information content (AvgIpc) is 3.05. The molecule has 0 saturated heterocycles. The van der Waals surface area contributed by atoms with Gasteiger partial charge < -0.3 is 96.7 Å². The minimum atomic E-state index is -1.79. The fourth-order valence-electron chi connectivity index (χ4n) is 2.94. The lowest BCUT2D eigenvalue weighted by atomic mass is 10.0. The summed E-state index contributed by atoms with van der Waals surface area (Å²) in [6, 6.07) is -4.12. The third-order valence-electron chi connectivity index (χ3n) is 5.55. The van der Waals surface area contributed by atoms with Gasteiger partial charge in [-0.15, -0.1) is 0 Å². The number of hydrogen-bond acceptors (Lipinski definition) is 19. The van der Waals surface area contributed by atoms with E-state index in [1.54, 1.807) is 0 Å². The van der Waals surface area contributed by atoms with E-state index in [-0.39, 0.29) is 18.9 Å². The van der Waals surface area contributed by atoms with E-state index >= 15 is 0 Å². The molecule has 0 radical (unpaired) electrons. The van der Waals surface area contributed by atoms with E-state index in [9.17, 15) is 59.4 Å². The lowest BCUT2D eigenvalue weighted by molar-refractivity contribution is -0.132. The molecule has 0 aliphatic carbocycles. The molecule has 0 aliphatic heterocycles. The molecule has 22 nitrogen and oxygen atoms in total. The van der Waals surface area contributed by atoms with Crippen LogP contribution in [0.4, 0.5) is 0 Å². The molecule has 16 N–H and O–H groups in total. The molecule has 0 saturated carbocycles. The molecule has 3 amide bonds. The maximum atomic E-state index is 10.7. The predicted octanol–water partition coefficient (Wildman–Crippen LogP) is -10.7. The Bertz CT molecular complexity index is 853. The Labute approximate surface area is 261 Å². The molecule has 0 aliphatic rings. The van der Waals surface area contributed by atoms with E-state index in [1.165, 1.54) is 0 Å². The van der Waals surface area contributed by atoms with E-state index in [1.807, 2.05) is 5.32 Å². The predicted molar refractivity (Wildman–Crippen MR) is 148 cm³/mol. The first-order valence-corrected chi connectivity index (χ1v) is 13.1. The molecular weight excluding hydrogens is 634 g/mol. The van der Waals surface area contributed by atoms with E-state index in [0.29, 0.717) is 0 Å². The van der Waals surface area contributed by atoms with Crippen LogP contribution < -0.4 is 16.0 Å². The normalized spacial score (nSPS) is 18.6. The second-order valence-corrected chi connectivity index (χ2v) is 9.31. The molecule has 0 fully saturated rings. The summed E-state index contributed by atoms with van der Waals surface area (Å²) in [5.41, 5.74) is 0. The SMILES string of the molecule is CC(=O)N[C@@H](C=O)[C@@H](O)[C@@H](O)[C@H](O)CO.CC(=O)N[C@H](C=O)[C@@H](O)[C@H](O)[C@H](O)CO.O=C[C@H](NC(=O)CO)[C@@H](O)[C@H](O)[C@H](O)CO. The van der Waals surface area contributed by atoms with Crippen LogP contribution in [0.3, 0.4) is 0 Å². The Hall–Kier alpha value is -3.10. The molecular formula is C24H45N3O19.